The number of halogens is 1. The van der Waals surface area contributed by atoms with E-state index in [1.165, 1.54) is 6.07 Å². The van der Waals surface area contributed by atoms with Gasteiger partial charge in [-0.1, -0.05) is 17.7 Å². The lowest BCUT2D eigenvalue weighted by Gasteiger charge is -2.09. The van der Waals surface area contributed by atoms with Crippen molar-refractivity contribution in [3.8, 4) is 11.8 Å². The first-order chi connectivity index (χ1) is 14.5. The Bertz CT molecular complexity index is 1390. The molecule has 0 atom stereocenters. The lowest BCUT2D eigenvalue weighted by Crippen LogP contribution is -2.19. The van der Waals surface area contributed by atoms with E-state index in [1.54, 1.807) is 16.8 Å². The molecule has 3 aromatic heterocycles. The summed E-state index contributed by atoms with van der Waals surface area (Å²) in [5.74, 6) is 0.369. The molecule has 9 heteroatoms. The van der Waals surface area contributed by atoms with Crippen LogP contribution in [-0.4, -0.2) is 35.8 Å². The molecule has 1 saturated carbocycles. The van der Waals surface area contributed by atoms with Crippen LogP contribution in [0, 0.1) is 6.92 Å². The minimum absolute atomic E-state index is 0.119. The van der Waals surface area contributed by atoms with Gasteiger partial charge in [-0.3, -0.25) is 9.98 Å². The van der Waals surface area contributed by atoms with Crippen LogP contribution in [-0.2, 0) is 0 Å². The van der Waals surface area contributed by atoms with E-state index < -0.39 is 0 Å². The number of aromatic nitrogens is 4. The second kappa shape index (κ2) is 7.07. The summed E-state index contributed by atoms with van der Waals surface area (Å²) in [5.41, 5.74) is 3.61. The van der Waals surface area contributed by atoms with Gasteiger partial charge in [0.1, 0.15) is 5.82 Å². The van der Waals surface area contributed by atoms with Gasteiger partial charge in [-0.15, -0.1) is 0 Å². The van der Waals surface area contributed by atoms with Crippen LogP contribution in [0.1, 0.15) is 24.0 Å². The number of hydrogen-bond acceptors (Lipinski definition) is 6. The highest BCUT2D eigenvalue weighted by Crippen LogP contribution is 2.25. The number of anilines is 2. The number of nitrogens with one attached hydrogen (secondary N) is 2. The standard InChI is InChI=1S/C21H19ClN6O2/c1-11-2-3-14(22)8-16(11)25-17-9-18(24-15-4-5-15)28-20(26-17)13(10-23-28)6-12-7-19(29)27-21(12)30/h2-3,6-10,15,25,27,29-30H,4-5H2,1H3. The van der Waals surface area contributed by atoms with Crippen LogP contribution in [0.4, 0.5) is 11.5 Å². The number of fused-ring (bicyclic) bond motifs is 1. The van der Waals surface area contributed by atoms with E-state index in [0.29, 0.717) is 38.8 Å². The molecular formula is C21H19ClN6O2. The molecule has 8 nitrogen and oxygen atoms in total. The molecule has 30 heavy (non-hydrogen) atoms. The number of aromatic hydroxyl groups is 2. The van der Waals surface area contributed by atoms with Crippen LogP contribution in [0.2, 0.25) is 5.02 Å². The van der Waals surface area contributed by atoms with E-state index in [1.807, 2.05) is 31.2 Å². The van der Waals surface area contributed by atoms with Crippen molar-refractivity contribution in [1.29, 1.82) is 0 Å². The summed E-state index contributed by atoms with van der Waals surface area (Å²) in [5, 5.41) is 28.6. The molecule has 1 aromatic carbocycles. The monoisotopic (exact) mass is 422 g/mol. The molecule has 0 amide bonds. The van der Waals surface area contributed by atoms with Gasteiger partial charge in [-0.25, -0.2) is 4.98 Å². The van der Waals surface area contributed by atoms with Gasteiger partial charge in [0.25, 0.3) is 0 Å². The molecule has 0 saturated heterocycles. The van der Waals surface area contributed by atoms with E-state index >= 15 is 0 Å². The zero-order chi connectivity index (χ0) is 20.8. The Balaban J connectivity index is 1.68. The molecule has 0 spiro atoms. The Hall–Kier alpha value is -3.52. The van der Waals surface area contributed by atoms with Crippen LogP contribution >= 0.6 is 11.6 Å². The summed E-state index contributed by atoms with van der Waals surface area (Å²) in [6.45, 7) is 1.99. The van der Waals surface area contributed by atoms with E-state index in [-0.39, 0.29) is 11.8 Å². The van der Waals surface area contributed by atoms with Gasteiger partial charge >= 0.3 is 0 Å². The van der Waals surface area contributed by atoms with Gasteiger partial charge in [0.2, 0.25) is 0 Å². The summed E-state index contributed by atoms with van der Waals surface area (Å²) in [4.78, 5) is 11.9. The van der Waals surface area contributed by atoms with Gasteiger partial charge in [0.05, 0.1) is 12.2 Å². The van der Waals surface area contributed by atoms with Gasteiger partial charge in [0, 0.05) is 33.6 Å². The third-order valence-corrected chi connectivity index (χ3v) is 5.16. The summed E-state index contributed by atoms with van der Waals surface area (Å²) in [6, 6.07) is 9.24. The third kappa shape index (κ3) is 3.57. The van der Waals surface area contributed by atoms with Crippen molar-refractivity contribution < 1.29 is 10.2 Å². The zero-order valence-electron chi connectivity index (χ0n) is 16.1. The highest BCUT2D eigenvalue weighted by atomic mass is 35.5. The first-order valence-electron chi connectivity index (χ1n) is 9.55. The van der Waals surface area contributed by atoms with Crippen molar-refractivity contribution in [2.45, 2.75) is 25.8 Å². The van der Waals surface area contributed by atoms with Crippen molar-refractivity contribution in [2.24, 2.45) is 4.99 Å². The first kappa shape index (κ1) is 18.5. The summed E-state index contributed by atoms with van der Waals surface area (Å²) in [7, 11) is 0. The van der Waals surface area contributed by atoms with Crippen molar-refractivity contribution >= 4 is 34.8 Å². The smallest absolute Gasteiger partial charge is 0.198 e. The number of aryl methyl sites for hydroxylation is 1. The Labute approximate surface area is 176 Å². The van der Waals surface area contributed by atoms with Gasteiger partial charge in [-0.2, -0.15) is 9.61 Å². The minimum atomic E-state index is -0.126. The quantitative estimate of drug-likeness (QED) is 0.404. The van der Waals surface area contributed by atoms with Gasteiger partial charge in [-0.05, 0) is 43.5 Å². The van der Waals surface area contributed by atoms with Crippen LogP contribution in [0.5, 0.6) is 11.8 Å². The number of hydrogen-bond donors (Lipinski definition) is 4. The van der Waals surface area contributed by atoms with Crippen molar-refractivity contribution in [2.75, 3.05) is 5.32 Å². The molecule has 0 bridgehead atoms. The van der Waals surface area contributed by atoms with E-state index in [0.717, 1.165) is 24.1 Å². The van der Waals surface area contributed by atoms with Crippen molar-refractivity contribution in [3.05, 3.63) is 63.4 Å². The fourth-order valence-electron chi connectivity index (χ4n) is 3.20. The zero-order valence-corrected chi connectivity index (χ0v) is 16.9. The fourth-order valence-corrected chi connectivity index (χ4v) is 3.37. The molecule has 4 aromatic rings. The fraction of sp³-hybridized carbons (Fsp3) is 0.190. The Morgan fingerprint density at radius 1 is 1.27 bits per heavy atom. The SMILES string of the molecule is Cc1ccc(Cl)cc1Nc1cc(=NC2CC2)n2ncc(=Cc3cc(O)[nH]c3O)c2n1. The Morgan fingerprint density at radius 3 is 2.83 bits per heavy atom. The number of benzene rings is 1. The maximum atomic E-state index is 9.95. The highest BCUT2D eigenvalue weighted by molar-refractivity contribution is 6.30. The molecule has 1 aliphatic carbocycles. The predicted octanol–water partition coefficient (Wildman–Crippen LogP) is 2.78. The predicted molar refractivity (Wildman–Crippen MR) is 114 cm³/mol. The maximum Gasteiger partial charge on any atom is 0.198 e. The van der Waals surface area contributed by atoms with Crippen LogP contribution < -0.4 is 16.0 Å². The maximum absolute atomic E-state index is 9.95. The van der Waals surface area contributed by atoms with E-state index in [9.17, 15) is 10.2 Å². The molecule has 1 fully saturated rings. The minimum Gasteiger partial charge on any atom is -0.494 e. The summed E-state index contributed by atoms with van der Waals surface area (Å²) in [6.07, 6.45) is 5.50. The van der Waals surface area contributed by atoms with Crippen molar-refractivity contribution in [1.82, 2.24) is 19.6 Å². The second-order valence-corrected chi connectivity index (χ2v) is 7.82. The molecule has 1 aliphatic rings. The molecule has 0 unspecified atom stereocenters. The van der Waals surface area contributed by atoms with Gasteiger partial charge in [0.15, 0.2) is 22.9 Å². The summed E-state index contributed by atoms with van der Waals surface area (Å²) >= 11 is 6.16. The molecular weight excluding hydrogens is 404 g/mol. The number of nitrogens with zero attached hydrogens (tertiary/aromatic N) is 4. The van der Waals surface area contributed by atoms with Crippen molar-refractivity contribution in [3.63, 3.8) is 0 Å². The Morgan fingerprint density at radius 2 is 2.10 bits per heavy atom. The molecule has 152 valence electrons. The average molecular weight is 423 g/mol. The normalized spacial score (nSPS) is 15.3. The molecule has 3 heterocycles. The number of H-pyrrole nitrogens is 1. The van der Waals surface area contributed by atoms with Crippen LogP contribution in [0.15, 0.2) is 41.5 Å². The van der Waals surface area contributed by atoms with E-state index in [2.05, 4.69) is 15.4 Å². The highest BCUT2D eigenvalue weighted by Gasteiger charge is 2.20. The van der Waals surface area contributed by atoms with Crippen LogP contribution in [0.25, 0.3) is 11.7 Å². The Kier molecular flexibility index (Phi) is 4.36. The first-order valence-corrected chi connectivity index (χ1v) is 9.92. The number of aromatic amines is 1. The van der Waals surface area contributed by atoms with Crippen LogP contribution in [0.3, 0.4) is 0 Å². The molecule has 0 radical (unpaired) electrons. The van der Waals surface area contributed by atoms with Gasteiger partial charge < -0.3 is 15.5 Å². The largest absolute Gasteiger partial charge is 0.494 e. The number of rotatable bonds is 4. The lowest BCUT2D eigenvalue weighted by atomic mass is 10.2. The van der Waals surface area contributed by atoms with E-state index in [4.69, 9.17) is 21.6 Å². The molecule has 5 rings (SSSR count). The molecule has 0 aliphatic heterocycles. The lowest BCUT2D eigenvalue weighted by molar-refractivity contribution is 0.425. The average Bonchev–Trinajstić information content (AvgIpc) is 3.34. The topological polar surface area (TPSA) is 111 Å². The second-order valence-electron chi connectivity index (χ2n) is 7.38. The third-order valence-electron chi connectivity index (χ3n) is 4.93. The molecule has 4 N–H and O–H groups in total. The summed E-state index contributed by atoms with van der Waals surface area (Å²) < 4.78 is 1.68.